The number of ether oxygens (including phenoxy) is 1. The Hall–Kier alpha value is -3.16. The average Bonchev–Trinajstić information content (AvgIpc) is 2.43. The summed E-state index contributed by atoms with van der Waals surface area (Å²) in [5, 5.41) is 24.7. The van der Waals surface area contributed by atoms with Crippen molar-refractivity contribution >= 4 is 22.7 Å². The van der Waals surface area contributed by atoms with Gasteiger partial charge in [0.25, 0.3) is 5.69 Å². The van der Waals surface area contributed by atoms with E-state index in [1.54, 1.807) is 24.3 Å². The number of nitro groups is 2. The van der Waals surface area contributed by atoms with E-state index in [2.05, 4.69) is 5.32 Å². The molecule has 0 aliphatic carbocycles. The van der Waals surface area contributed by atoms with Crippen molar-refractivity contribution in [1.82, 2.24) is 0 Å². The molecule has 0 saturated carbocycles. The molecule has 0 aromatic heterocycles. The van der Waals surface area contributed by atoms with Crippen molar-refractivity contribution in [3.63, 3.8) is 0 Å². The Morgan fingerprint density at radius 2 is 1.75 bits per heavy atom. The third-order valence-electron chi connectivity index (χ3n) is 2.84. The van der Waals surface area contributed by atoms with E-state index in [0.29, 0.717) is 11.4 Å². The molecule has 0 atom stereocenters. The fourth-order valence-electron chi connectivity index (χ4n) is 1.95. The number of nitrogens with one attached hydrogen (secondary N) is 1. The Bertz CT molecular complexity index is 744. The minimum absolute atomic E-state index is 0.0598. The summed E-state index contributed by atoms with van der Waals surface area (Å²) in [6, 6.07) is 8.91. The van der Waals surface area contributed by atoms with E-state index in [1.807, 2.05) is 0 Å². The molecule has 1 aliphatic heterocycles. The number of rotatable bonds is 2. The molecular weight excluding hydrogens is 266 g/mol. The fraction of sp³-hybridized carbons (Fsp3) is 0. The van der Waals surface area contributed by atoms with Gasteiger partial charge in [0.1, 0.15) is 0 Å². The maximum Gasteiger partial charge on any atom is 0.303 e. The molecule has 0 fully saturated rings. The fourth-order valence-corrected chi connectivity index (χ4v) is 1.95. The van der Waals surface area contributed by atoms with Crippen LogP contribution < -0.4 is 10.1 Å². The Labute approximate surface area is 111 Å². The first kappa shape index (κ1) is 11.9. The smallest absolute Gasteiger partial charge is 0.303 e. The summed E-state index contributed by atoms with van der Waals surface area (Å²) < 4.78 is 5.49. The number of hydrogen-bond donors (Lipinski definition) is 1. The van der Waals surface area contributed by atoms with Crippen LogP contribution in [0.25, 0.3) is 0 Å². The Kier molecular flexibility index (Phi) is 2.50. The number of anilines is 2. The van der Waals surface area contributed by atoms with Gasteiger partial charge in [0, 0.05) is 0 Å². The average molecular weight is 273 g/mol. The summed E-state index contributed by atoms with van der Waals surface area (Å²) in [5.41, 5.74) is -0.114. The van der Waals surface area contributed by atoms with Crippen molar-refractivity contribution in [3.05, 3.63) is 56.6 Å². The lowest BCUT2D eigenvalue weighted by molar-refractivity contribution is -0.393. The highest BCUT2D eigenvalue weighted by molar-refractivity contribution is 5.83. The highest BCUT2D eigenvalue weighted by atomic mass is 16.6. The molecule has 0 saturated heterocycles. The van der Waals surface area contributed by atoms with E-state index < -0.39 is 21.2 Å². The van der Waals surface area contributed by atoms with Crippen molar-refractivity contribution in [1.29, 1.82) is 0 Å². The van der Waals surface area contributed by atoms with Gasteiger partial charge in [0.15, 0.2) is 17.2 Å². The van der Waals surface area contributed by atoms with Crippen LogP contribution in [0.2, 0.25) is 0 Å². The van der Waals surface area contributed by atoms with Crippen LogP contribution in [0.5, 0.6) is 11.5 Å². The van der Waals surface area contributed by atoms with Gasteiger partial charge in [0.05, 0.1) is 27.7 Å². The maximum atomic E-state index is 11.0. The van der Waals surface area contributed by atoms with Crippen molar-refractivity contribution in [2.75, 3.05) is 5.32 Å². The van der Waals surface area contributed by atoms with E-state index in [1.165, 1.54) is 0 Å². The number of benzene rings is 2. The third-order valence-corrected chi connectivity index (χ3v) is 2.84. The van der Waals surface area contributed by atoms with Crippen LogP contribution in [-0.2, 0) is 0 Å². The number of nitro benzene ring substituents is 2. The molecule has 0 amide bonds. The predicted molar refractivity (Wildman–Crippen MR) is 69.5 cm³/mol. The summed E-state index contributed by atoms with van der Waals surface area (Å²) in [4.78, 5) is 20.5. The van der Waals surface area contributed by atoms with E-state index in [4.69, 9.17) is 4.74 Å². The second-order valence-electron chi connectivity index (χ2n) is 4.08. The molecule has 0 bridgehead atoms. The standard InChI is InChI=1S/C12H7N3O5/c16-14(17)7-5-9(15(18)19)12-11(6-7)20-10-4-2-1-3-8(10)13-12/h1-6,13H. The van der Waals surface area contributed by atoms with Crippen molar-refractivity contribution in [3.8, 4) is 11.5 Å². The lowest BCUT2D eigenvalue weighted by Gasteiger charge is -2.20. The van der Waals surface area contributed by atoms with E-state index in [9.17, 15) is 20.2 Å². The summed E-state index contributed by atoms with van der Waals surface area (Å²) in [7, 11) is 0. The lowest BCUT2D eigenvalue weighted by Crippen LogP contribution is -2.06. The largest absolute Gasteiger partial charge is 0.452 e. The monoisotopic (exact) mass is 273 g/mol. The Morgan fingerprint density at radius 1 is 1.00 bits per heavy atom. The van der Waals surface area contributed by atoms with Gasteiger partial charge in [-0.3, -0.25) is 20.2 Å². The van der Waals surface area contributed by atoms with Gasteiger partial charge in [-0.25, -0.2) is 0 Å². The Balaban J connectivity index is 2.19. The molecule has 0 unspecified atom stereocenters. The molecule has 0 spiro atoms. The second-order valence-corrected chi connectivity index (χ2v) is 4.08. The molecule has 2 aromatic rings. The number of fused-ring (bicyclic) bond motifs is 2. The molecule has 100 valence electrons. The van der Waals surface area contributed by atoms with Gasteiger partial charge in [0.2, 0.25) is 0 Å². The number of non-ortho nitro benzene ring substituents is 1. The summed E-state index contributed by atoms with van der Waals surface area (Å²) in [6.45, 7) is 0. The van der Waals surface area contributed by atoms with Crippen molar-refractivity contribution < 1.29 is 14.6 Å². The van der Waals surface area contributed by atoms with Crippen LogP contribution in [0.4, 0.5) is 22.7 Å². The quantitative estimate of drug-likeness (QED) is 0.566. The highest BCUT2D eigenvalue weighted by Crippen LogP contribution is 2.47. The zero-order valence-corrected chi connectivity index (χ0v) is 9.90. The van der Waals surface area contributed by atoms with Crippen LogP contribution in [0.3, 0.4) is 0 Å². The molecule has 8 heteroatoms. The topological polar surface area (TPSA) is 108 Å². The second kappa shape index (κ2) is 4.19. The first-order chi connectivity index (χ1) is 9.56. The first-order valence-electron chi connectivity index (χ1n) is 5.57. The molecule has 3 rings (SSSR count). The number of nitrogens with zero attached hydrogens (tertiary/aromatic N) is 2. The molecule has 8 nitrogen and oxygen atoms in total. The van der Waals surface area contributed by atoms with Crippen molar-refractivity contribution in [2.24, 2.45) is 0 Å². The Morgan fingerprint density at radius 3 is 2.45 bits per heavy atom. The van der Waals surface area contributed by atoms with E-state index >= 15 is 0 Å². The summed E-state index contributed by atoms with van der Waals surface area (Å²) >= 11 is 0. The van der Waals surface area contributed by atoms with Gasteiger partial charge < -0.3 is 10.1 Å². The molecule has 20 heavy (non-hydrogen) atoms. The van der Waals surface area contributed by atoms with E-state index in [-0.39, 0.29) is 11.4 Å². The molecule has 1 aliphatic rings. The van der Waals surface area contributed by atoms with Crippen LogP contribution in [0, 0.1) is 20.2 Å². The lowest BCUT2D eigenvalue weighted by atomic mass is 10.1. The first-order valence-corrected chi connectivity index (χ1v) is 5.57. The molecular formula is C12H7N3O5. The third kappa shape index (κ3) is 1.79. The zero-order chi connectivity index (χ0) is 14.3. The number of para-hydroxylation sites is 2. The van der Waals surface area contributed by atoms with E-state index in [0.717, 1.165) is 12.1 Å². The van der Waals surface area contributed by atoms with Crippen LogP contribution in [0.15, 0.2) is 36.4 Å². The molecule has 2 aromatic carbocycles. The normalized spacial score (nSPS) is 11.6. The van der Waals surface area contributed by atoms with Gasteiger partial charge in [-0.15, -0.1) is 0 Å². The zero-order valence-electron chi connectivity index (χ0n) is 9.90. The number of hydrogen-bond acceptors (Lipinski definition) is 6. The maximum absolute atomic E-state index is 11.0. The van der Waals surface area contributed by atoms with Crippen LogP contribution in [0.1, 0.15) is 0 Å². The summed E-state index contributed by atoms with van der Waals surface area (Å²) in [5.74, 6) is 0.513. The van der Waals surface area contributed by atoms with Gasteiger partial charge >= 0.3 is 5.69 Å². The molecule has 0 radical (unpaired) electrons. The highest BCUT2D eigenvalue weighted by Gasteiger charge is 2.29. The van der Waals surface area contributed by atoms with Crippen molar-refractivity contribution in [2.45, 2.75) is 0 Å². The van der Waals surface area contributed by atoms with Crippen LogP contribution in [-0.4, -0.2) is 9.85 Å². The minimum atomic E-state index is -0.697. The molecule has 1 heterocycles. The summed E-state index contributed by atoms with van der Waals surface area (Å²) in [6.07, 6.45) is 0. The molecule has 1 N–H and O–H groups in total. The SMILES string of the molecule is O=[N+]([O-])c1cc2c(c([N+](=O)[O-])c1)Nc1ccccc1O2. The van der Waals surface area contributed by atoms with Crippen LogP contribution >= 0.6 is 0 Å². The predicted octanol–water partition coefficient (Wildman–Crippen LogP) is 3.35. The van der Waals surface area contributed by atoms with Gasteiger partial charge in [-0.05, 0) is 12.1 Å². The van der Waals surface area contributed by atoms with Gasteiger partial charge in [-0.1, -0.05) is 12.1 Å². The van der Waals surface area contributed by atoms with Gasteiger partial charge in [-0.2, -0.15) is 0 Å². The minimum Gasteiger partial charge on any atom is -0.452 e.